The Labute approximate surface area is 113 Å². The molecule has 2 amide bonds. The highest BCUT2D eigenvalue weighted by molar-refractivity contribution is 5.95. The van der Waals surface area contributed by atoms with Gasteiger partial charge in [-0.3, -0.25) is 14.3 Å². The second kappa shape index (κ2) is 6.72. The number of anilines is 1. The Hall–Kier alpha value is -2.11. The van der Waals surface area contributed by atoms with E-state index in [2.05, 4.69) is 17.0 Å². The van der Waals surface area contributed by atoms with Gasteiger partial charge in [0.2, 0.25) is 11.8 Å². The van der Waals surface area contributed by atoms with Gasteiger partial charge in [-0.05, 0) is 19.4 Å². The number of carbonyl (C=O) groups excluding carboxylic acids is 2. The average Bonchev–Trinajstić information content (AvgIpc) is 2.74. The van der Waals surface area contributed by atoms with Gasteiger partial charge < -0.3 is 10.2 Å². The third-order valence-electron chi connectivity index (χ3n) is 2.81. The Balaban J connectivity index is 2.63. The fourth-order valence-corrected chi connectivity index (χ4v) is 1.73. The fourth-order valence-electron chi connectivity index (χ4n) is 1.73. The number of carbonyl (C=O) groups is 2. The fraction of sp³-hybridized carbons (Fsp3) is 0.462. The maximum atomic E-state index is 11.8. The third-order valence-corrected chi connectivity index (χ3v) is 2.81. The maximum absolute atomic E-state index is 11.8. The van der Waals surface area contributed by atoms with E-state index in [9.17, 15) is 9.59 Å². The van der Waals surface area contributed by atoms with E-state index in [-0.39, 0.29) is 18.4 Å². The number of amides is 2. The van der Waals surface area contributed by atoms with Crippen LogP contribution in [0.1, 0.15) is 19.5 Å². The Morgan fingerprint density at radius 2 is 2.21 bits per heavy atom. The predicted octanol–water partition coefficient (Wildman–Crippen LogP) is 0.955. The van der Waals surface area contributed by atoms with E-state index in [1.54, 1.807) is 4.68 Å². The lowest BCUT2D eigenvalue weighted by Gasteiger charge is -2.17. The average molecular weight is 264 g/mol. The van der Waals surface area contributed by atoms with Crippen molar-refractivity contribution in [1.82, 2.24) is 14.7 Å². The quantitative estimate of drug-likeness (QED) is 0.778. The smallest absolute Gasteiger partial charge is 0.246 e. The van der Waals surface area contributed by atoms with Crippen LogP contribution < -0.4 is 5.32 Å². The number of nitrogens with one attached hydrogen (secondary N) is 1. The van der Waals surface area contributed by atoms with Crippen LogP contribution in [0.4, 0.5) is 5.82 Å². The van der Waals surface area contributed by atoms with Crippen LogP contribution >= 0.6 is 0 Å². The second-order valence-electron chi connectivity index (χ2n) is 4.10. The van der Waals surface area contributed by atoms with Crippen LogP contribution in [0.5, 0.6) is 0 Å². The van der Waals surface area contributed by atoms with Gasteiger partial charge in [0.05, 0.1) is 0 Å². The number of likely N-dealkylation sites (N-methyl/N-ethyl adjacent to an activating group) is 1. The lowest BCUT2D eigenvalue weighted by Crippen LogP contribution is -2.36. The summed E-state index contributed by atoms with van der Waals surface area (Å²) in [5.41, 5.74) is 1.03. The van der Waals surface area contributed by atoms with Crippen LogP contribution in [0, 0.1) is 0 Å². The summed E-state index contributed by atoms with van der Waals surface area (Å²) >= 11 is 0. The molecule has 104 valence electrons. The molecule has 1 aromatic heterocycles. The molecule has 0 spiro atoms. The van der Waals surface area contributed by atoms with Crippen LogP contribution in [0.25, 0.3) is 0 Å². The van der Waals surface area contributed by atoms with Gasteiger partial charge in [-0.2, -0.15) is 5.10 Å². The molecule has 6 heteroatoms. The van der Waals surface area contributed by atoms with Crippen molar-refractivity contribution in [1.29, 1.82) is 0 Å². The number of aryl methyl sites for hydroxylation is 2. The Morgan fingerprint density at radius 1 is 1.53 bits per heavy atom. The molecule has 0 aliphatic heterocycles. The van der Waals surface area contributed by atoms with E-state index in [1.165, 1.54) is 11.0 Å². The van der Waals surface area contributed by atoms with Crippen molar-refractivity contribution in [2.45, 2.75) is 20.3 Å². The van der Waals surface area contributed by atoms with Crippen LogP contribution in [0.3, 0.4) is 0 Å². The van der Waals surface area contributed by atoms with Gasteiger partial charge in [0.25, 0.3) is 0 Å². The molecule has 0 aromatic carbocycles. The van der Waals surface area contributed by atoms with E-state index in [1.807, 2.05) is 27.0 Å². The zero-order chi connectivity index (χ0) is 14.4. The van der Waals surface area contributed by atoms with Gasteiger partial charge in [-0.1, -0.05) is 13.5 Å². The summed E-state index contributed by atoms with van der Waals surface area (Å²) in [5, 5.41) is 6.86. The predicted molar refractivity (Wildman–Crippen MR) is 73.7 cm³/mol. The molecule has 0 radical (unpaired) electrons. The summed E-state index contributed by atoms with van der Waals surface area (Å²) in [6.07, 6.45) is 2.04. The van der Waals surface area contributed by atoms with Gasteiger partial charge in [0, 0.05) is 25.4 Å². The van der Waals surface area contributed by atoms with E-state index in [4.69, 9.17) is 0 Å². The van der Waals surface area contributed by atoms with Gasteiger partial charge in [-0.25, -0.2) is 0 Å². The Bertz CT molecular complexity index is 479. The van der Waals surface area contributed by atoms with Crippen molar-refractivity contribution in [3.05, 3.63) is 24.4 Å². The van der Waals surface area contributed by atoms with Crippen molar-refractivity contribution in [2.24, 2.45) is 7.05 Å². The minimum absolute atomic E-state index is 0.000609. The van der Waals surface area contributed by atoms with Crippen molar-refractivity contribution >= 4 is 17.6 Å². The van der Waals surface area contributed by atoms with Gasteiger partial charge in [0.15, 0.2) is 5.82 Å². The monoisotopic (exact) mass is 264 g/mol. The van der Waals surface area contributed by atoms with Crippen molar-refractivity contribution in [2.75, 3.05) is 18.4 Å². The molecule has 0 saturated heterocycles. The van der Waals surface area contributed by atoms with E-state index in [0.717, 1.165) is 12.1 Å². The first-order valence-corrected chi connectivity index (χ1v) is 6.25. The highest BCUT2D eigenvalue weighted by atomic mass is 16.2. The first-order chi connectivity index (χ1) is 9.01. The number of hydrogen-bond donors (Lipinski definition) is 1. The minimum atomic E-state index is -0.266. The topological polar surface area (TPSA) is 67.2 Å². The summed E-state index contributed by atoms with van der Waals surface area (Å²) in [6, 6.07) is 1.82. The maximum Gasteiger partial charge on any atom is 0.246 e. The van der Waals surface area contributed by atoms with E-state index < -0.39 is 0 Å². The van der Waals surface area contributed by atoms with Gasteiger partial charge >= 0.3 is 0 Å². The second-order valence-corrected chi connectivity index (χ2v) is 4.10. The summed E-state index contributed by atoms with van der Waals surface area (Å²) in [7, 11) is 1.83. The highest BCUT2D eigenvalue weighted by Gasteiger charge is 2.14. The van der Waals surface area contributed by atoms with Crippen molar-refractivity contribution in [3.8, 4) is 0 Å². The third kappa shape index (κ3) is 3.94. The summed E-state index contributed by atoms with van der Waals surface area (Å²) in [5.74, 6) is -0.0165. The SMILES string of the molecule is C=CC(=O)N(CC)CC(=O)Nc1cc(CC)n(C)n1. The molecule has 0 atom stereocenters. The highest BCUT2D eigenvalue weighted by Crippen LogP contribution is 2.08. The zero-order valence-corrected chi connectivity index (χ0v) is 11.6. The molecule has 0 unspecified atom stereocenters. The molecule has 0 bridgehead atoms. The Kier molecular flexibility index (Phi) is 5.29. The molecule has 19 heavy (non-hydrogen) atoms. The summed E-state index contributed by atoms with van der Waals surface area (Å²) in [6.45, 7) is 7.69. The van der Waals surface area contributed by atoms with Gasteiger partial charge in [0.1, 0.15) is 6.54 Å². The number of aromatic nitrogens is 2. The van der Waals surface area contributed by atoms with E-state index in [0.29, 0.717) is 12.4 Å². The molecule has 1 heterocycles. The standard InChI is InChI=1S/C13H20N4O2/c1-5-10-8-11(15-16(10)4)14-12(18)9-17(7-3)13(19)6-2/h6,8H,2,5,7,9H2,1,3-4H3,(H,14,15,18). The molecule has 0 fully saturated rings. The molecule has 1 aromatic rings. The van der Waals surface area contributed by atoms with Crippen LogP contribution in [-0.2, 0) is 23.1 Å². The summed E-state index contributed by atoms with van der Waals surface area (Å²) < 4.78 is 1.72. The van der Waals surface area contributed by atoms with Crippen molar-refractivity contribution in [3.63, 3.8) is 0 Å². The molecular weight excluding hydrogens is 244 g/mol. The van der Waals surface area contributed by atoms with Gasteiger partial charge in [-0.15, -0.1) is 0 Å². The number of nitrogens with zero attached hydrogens (tertiary/aromatic N) is 3. The molecule has 0 aliphatic carbocycles. The largest absolute Gasteiger partial charge is 0.330 e. The Morgan fingerprint density at radius 3 is 2.68 bits per heavy atom. The lowest BCUT2D eigenvalue weighted by atomic mass is 10.3. The normalized spacial score (nSPS) is 10.1. The number of rotatable bonds is 6. The summed E-state index contributed by atoms with van der Waals surface area (Å²) in [4.78, 5) is 24.7. The number of hydrogen-bond acceptors (Lipinski definition) is 3. The molecule has 1 rings (SSSR count). The lowest BCUT2D eigenvalue weighted by molar-refractivity contribution is -0.130. The molecule has 0 aliphatic rings. The van der Waals surface area contributed by atoms with E-state index >= 15 is 0 Å². The van der Waals surface area contributed by atoms with Crippen molar-refractivity contribution < 1.29 is 9.59 Å². The zero-order valence-electron chi connectivity index (χ0n) is 11.6. The first-order valence-electron chi connectivity index (χ1n) is 6.25. The molecule has 0 saturated carbocycles. The molecule has 6 nitrogen and oxygen atoms in total. The molecule has 1 N–H and O–H groups in total. The molecular formula is C13H20N4O2. The van der Waals surface area contributed by atoms with Crippen LogP contribution in [0.2, 0.25) is 0 Å². The van der Waals surface area contributed by atoms with Crippen LogP contribution in [-0.4, -0.2) is 39.6 Å². The first kappa shape index (κ1) is 14.9. The van der Waals surface area contributed by atoms with Crippen LogP contribution in [0.15, 0.2) is 18.7 Å². The minimum Gasteiger partial charge on any atom is -0.330 e.